The second-order valence-electron chi connectivity index (χ2n) is 4.10. The van der Waals surface area contributed by atoms with Crippen molar-refractivity contribution in [2.45, 2.75) is 24.8 Å². The Balaban J connectivity index is 2.12. The summed E-state index contributed by atoms with van der Waals surface area (Å²) in [4.78, 5) is 4.06. The van der Waals surface area contributed by atoms with Gasteiger partial charge in [0.05, 0.1) is 0 Å². The third kappa shape index (κ3) is 2.94. The second kappa shape index (κ2) is 5.58. The van der Waals surface area contributed by atoms with E-state index in [0.29, 0.717) is 11.5 Å². The van der Waals surface area contributed by atoms with Crippen LogP contribution in [0.2, 0.25) is 0 Å². The highest BCUT2D eigenvalue weighted by atomic mass is 32.2. The molecule has 0 bridgehead atoms. The summed E-state index contributed by atoms with van der Waals surface area (Å²) >= 11 is -2.10. The fourth-order valence-corrected chi connectivity index (χ4v) is 2.40. The Labute approximate surface area is 107 Å². The average molecular weight is 270 g/mol. The summed E-state index contributed by atoms with van der Waals surface area (Å²) in [6, 6.07) is 6.41. The Morgan fingerprint density at radius 1 is 1.44 bits per heavy atom. The molecule has 1 heterocycles. The molecule has 98 valence electrons. The van der Waals surface area contributed by atoms with Crippen LogP contribution >= 0.6 is 0 Å². The molecule has 4 nitrogen and oxygen atoms in total. The molecule has 1 aliphatic heterocycles. The van der Waals surface area contributed by atoms with Gasteiger partial charge in [-0.1, -0.05) is 35.3 Å². The smallest absolute Gasteiger partial charge is 0.181 e. The molecule has 0 radical (unpaired) electrons. The zero-order valence-electron chi connectivity index (χ0n) is 9.84. The molecule has 0 aliphatic carbocycles. The van der Waals surface area contributed by atoms with Gasteiger partial charge in [-0.05, 0) is 11.1 Å². The number of hydrogen-bond acceptors (Lipinski definition) is 4. The minimum Gasteiger partial charge on any atom is -0.772 e. The highest BCUT2D eigenvalue weighted by molar-refractivity contribution is 7.78. The maximum atomic E-state index is 12.8. The highest BCUT2D eigenvalue weighted by Crippen LogP contribution is 2.29. The van der Waals surface area contributed by atoms with Crippen molar-refractivity contribution in [1.29, 1.82) is 0 Å². The molecule has 0 fully saturated rings. The normalized spacial score (nSPS) is 24.5. The summed E-state index contributed by atoms with van der Waals surface area (Å²) in [6.07, 6.45) is -0.415. The maximum Gasteiger partial charge on any atom is 0.181 e. The van der Waals surface area contributed by atoms with Crippen LogP contribution in [-0.2, 0) is 21.6 Å². The fourth-order valence-electron chi connectivity index (χ4n) is 1.94. The molecule has 0 aromatic heterocycles. The predicted molar refractivity (Wildman–Crippen MR) is 65.8 cm³/mol. The quantitative estimate of drug-likeness (QED) is 0.785. The van der Waals surface area contributed by atoms with Crippen LogP contribution in [0, 0.1) is 0 Å². The fraction of sp³-hybridized carbons (Fsp3) is 0.417. The number of rotatable bonds is 4. The summed E-state index contributed by atoms with van der Waals surface area (Å²) in [7, 11) is 0. The van der Waals surface area contributed by atoms with E-state index in [9.17, 15) is 13.2 Å². The molecule has 0 amide bonds. The van der Waals surface area contributed by atoms with E-state index >= 15 is 0 Å². The van der Waals surface area contributed by atoms with Crippen LogP contribution in [0.15, 0.2) is 29.3 Å². The van der Waals surface area contributed by atoms with Crippen LogP contribution in [0.25, 0.3) is 0 Å². The summed E-state index contributed by atoms with van der Waals surface area (Å²) in [5.74, 6) is 0.459. The third-order valence-corrected chi connectivity index (χ3v) is 3.31. The largest absolute Gasteiger partial charge is 0.772 e. The van der Waals surface area contributed by atoms with E-state index in [1.807, 2.05) is 0 Å². The van der Waals surface area contributed by atoms with E-state index in [1.54, 1.807) is 31.2 Å². The monoisotopic (exact) mass is 270 g/mol. The molecule has 3 atom stereocenters. The van der Waals surface area contributed by atoms with Gasteiger partial charge in [-0.2, -0.15) is 0 Å². The Morgan fingerprint density at radius 2 is 2.11 bits per heavy atom. The molecule has 1 aromatic rings. The Bertz CT molecular complexity index is 475. The van der Waals surface area contributed by atoms with E-state index < -0.39 is 29.9 Å². The lowest BCUT2D eigenvalue weighted by molar-refractivity contribution is 0.179. The van der Waals surface area contributed by atoms with Crippen molar-refractivity contribution >= 4 is 17.0 Å². The SMILES string of the molecule is CC1=N[C@H](CF)[C@@H](c2ccc(CS(=O)[O-])cc2)O1. The van der Waals surface area contributed by atoms with E-state index in [-0.39, 0.29) is 5.75 Å². The molecule has 0 saturated heterocycles. The van der Waals surface area contributed by atoms with Crippen LogP contribution in [0.1, 0.15) is 24.2 Å². The van der Waals surface area contributed by atoms with E-state index in [1.165, 1.54) is 0 Å². The number of benzene rings is 1. The molecule has 1 aliphatic rings. The number of ether oxygens (including phenoxy) is 1. The number of hydrogen-bond donors (Lipinski definition) is 0. The average Bonchev–Trinajstić information content (AvgIpc) is 2.71. The molecular formula is C12H13FNO3S-. The van der Waals surface area contributed by atoms with Crippen LogP contribution in [0.3, 0.4) is 0 Å². The Morgan fingerprint density at radius 3 is 2.67 bits per heavy atom. The van der Waals surface area contributed by atoms with Crippen molar-refractivity contribution in [3.05, 3.63) is 35.4 Å². The van der Waals surface area contributed by atoms with Crippen molar-refractivity contribution in [1.82, 2.24) is 0 Å². The summed E-state index contributed by atoms with van der Waals surface area (Å²) in [5.41, 5.74) is 1.50. The van der Waals surface area contributed by atoms with Crippen molar-refractivity contribution < 1.29 is 17.9 Å². The molecule has 18 heavy (non-hydrogen) atoms. The molecular weight excluding hydrogens is 257 g/mol. The van der Waals surface area contributed by atoms with Gasteiger partial charge in [0, 0.05) is 12.7 Å². The van der Waals surface area contributed by atoms with E-state index in [0.717, 1.165) is 5.56 Å². The van der Waals surface area contributed by atoms with Crippen LogP contribution < -0.4 is 0 Å². The topological polar surface area (TPSA) is 61.7 Å². The van der Waals surface area contributed by atoms with Gasteiger partial charge in [0.25, 0.3) is 0 Å². The third-order valence-electron chi connectivity index (χ3n) is 2.75. The lowest BCUT2D eigenvalue weighted by atomic mass is 10.0. The van der Waals surface area contributed by atoms with Crippen LogP contribution in [0.4, 0.5) is 4.39 Å². The van der Waals surface area contributed by atoms with Gasteiger partial charge in [0.2, 0.25) is 0 Å². The molecule has 2 rings (SSSR count). The van der Waals surface area contributed by atoms with Gasteiger partial charge in [-0.25, -0.2) is 9.38 Å². The minimum absolute atomic E-state index is 0.0200. The maximum absolute atomic E-state index is 12.8. The Hall–Kier alpha value is -1.27. The summed E-state index contributed by atoms with van der Waals surface area (Å²) < 4.78 is 39.4. The first-order chi connectivity index (χ1) is 8.60. The standard InChI is InChI=1S/C12H14FNO3S/c1-8-14-11(6-13)12(17-8)10-4-2-9(3-5-10)7-18(15)16/h2-5,11-12H,6-7H2,1H3,(H,15,16)/p-1/t11-,12-/m1/s1. The second-order valence-corrected chi connectivity index (χ2v) is 4.99. The van der Waals surface area contributed by atoms with Gasteiger partial charge >= 0.3 is 0 Å². The number of nitrogens with zero attached hydrogens (tertiary/aromatic N) is 1. The zero-order valence-corrected chi connectivity index (χ0v) is 10.7. The predicted octanol–water partition coefficient (Wildman–Crippen LogP) is 1.89. The Kier molecular flexibility index (Phi) is 4.08. The number of alkyl halides is 1. The molecule has 6 heteroatoms. The van der Waals surface area contributed by atoms with Crippen molar-refractivity contribution in [2.75, 3.05) is 6.67 Å². The zero-order chi connectivity index (χ0) is 13.1. The number of halogens is 1. The van der Waals surface area contributed by atoms with Crippen molar-refractivity contribution in [2.24, 2.45) is 4.99 Å². The van der Waals surface area contributed by atoms with Gasteiger partial charge in [0.15, 0.2) is 12.0 Å². The van der Waals surface area contributed by atoms with Crippen molar-refractivity contribution in [3.63, 3.8) is 0 Å². The lowest BCUT2D eigenvalue weighted by Gasteiger charge is -2.16. The summed E-state index contributed by atoms with van der Waals surface area (Å²) in [5, 5.41) is 0. The molecule has 0 N–H and O–H groups in total. The number of aliphatic imine (C=N–C) groups is 1. The first kappa shape index (κ1) is 13.2. The van der Waals surface area contributed by atoms with E-state index in [4.69, 9.17) is 4.74 Å². The molecule has 0 saturated carbocycles. The van der Waals surface area contributed by atoms with Crippen LogP contribution in [-0.4, -0.2) is 27.4 Å². The van der Waals surface area contributed by atoms with Crippen LogP contribution in [0.5, 0.6) is 0 Å². The lowest BCUT2D eigenvalue weighted by Crippen LogP contribution is -2.15. The molecule has 0 spiro atoms. The van der Waals surface area contributed by atoms with Gasteiger partial charge in [0.1, 0.15) is 12.7 Å². The van der Waals surface area contributed by atoms with Gasteiger partial charge < -0.3 is 9.29 Å². The summed E-state index contributed by atoms with van der Waals surface area (Å²) in [6.45, 7) is 1.12. The van der Waals surface area contributed by atoms with Crippen molar-refractivity contribution in [3.8, 4) is 0 Å². The molecule has 1 aromatic carbocycles. The minimum atomic E-state index is -2.10. The van der Waals surface area contributed by atoms with E-state index in [2.05, 4.69) is 4.99 Å². The first-order valence-electron chi connectivity index (χ1n) is 5.52. The van der Waals surface area contributed by atoms with Gasteiger partial charge in [-0.3, -0.25) is 4.21 Å². The highest BCUT2D eigenvalue weighted by Gasteiger charge is 2.30. The first-order valence-corrected chi connectivity index (χ1v) is 6.76. The van der Waals surface area contributed by atoms with Gasteiger partial charge in [-0.15, -0.1) is 0 Å². The molecule has 1 unspecified atom stereocenters.